The molecule has 0 amide bonds. The summed E-state index contributed by atoms with van der Waals surface area (Å²) in [4.78, 5) is 9.44. The second-order valence-electron chi connectivity index (χ2n) is 4.11. The van der Waals surface area contributed by atoms with E-state index < -0.39 is 0 Å². The van der Waals surface area contributed by atoms with E-state index in [2.05, 4.69) is 37.3 Å². The molecule has 1 aliphatic rings. The molecule has 0 radical (unpaired) electrons. The molecule has 23 heavy (non-hydrogen) atoms. The van der Waals surface area contributed by atoms with E-state index in [0.29, 0.717) is 0 Å². The Morgan fingerprint density at radius 1 is 0.783 bits per heavy atom. The highest BCUT2D eigenvalue weighted by Gasteiger charge is 2.05. The van der Waals surface area contributed by atoms with Crippen molar-refractivity contribution in [3.05, 3.63) is 47.0 Å². The fourth-order valence-corrected chi connectivity index (χ4v) is 1.59. The van der Waals surface area contributed by atoms with Gasteiger partial charge >= 0.3 is 0 Å². The predicted octanol–water partition coefficient (Wildman–Crippen LogP) is 7.43. The zero-order valence-electron chi connectivity index (χ0n) is 17.7. The lowest BCUT2D eigenvalue weighted by Crippen LogP contribution is -1.99. The minimum Gasteiger partial charge on any atom is -0.300 e. The van der Waals surface area contributed by atoms with Gasteiger partial charge in [-0.15, -0.1) is 0 Å². The summed E-state index contributed by atoms with van der Waals surface area (Å²) in [5, 5.41) is 0. The molecular formula is C22H42O. The second-order valence-corrected chi connectivity index (χ2v) is 4.11. The maximum absolute atomic E-state index is 9.44. The van der Waals surface area contributed by atoms with Crippen LogP contribution in [0, 0.1) is 0 Å². The Labute approximate surface area is 147 Å². The maximum Gasteiger partial charge on any atom is 0.126 e. The minimum absolute atomic E-state index is 0.167. The van der Waals surface area contributed by atoms with Gasteiger partial charge in [-0.1, -0.05) is 91.3 Å². The minimum atomic E-state index is 0.167. The van der Waals surface area contributed by atoms with E-state index in [0.717, 1.165) is 12.8 Å². The summed E-state index contributed by atoms with van der Waals surface area (Å²) >= 11 is 0. The van der Waals surface area contributed by atoms with Gasteiger partial charge in [0.15, 0.2) is 0 Å². The van der Waals surface area contributed by atoms with Crippen molar-refractivity contribution < 1.29 is 4.79 Å². The van der Waals surface area contributed by atoms with Crippen LogP contribution in [-0.4, -0.2) is 5.78 Å². The molecule has 0 saturated heterocycles. The molecule has 1 aromatic rings. The maximum atomic E-state index is 9.44. The monoisotopic (exact) mass is 322 g/mol. The summed E-state index contributed by atoms with van der Waals surface area (Å²) < 4.78 is 0. The van der Waals surface area contributed by atoms with E-state index >= 15 is 0 Å². The standard InChI is InChI=1S/C11H12.C3H6O.4C2H6/c1-9-6-7-10-4-2-3-5-11(10)8-9;1-3(2)4;4*1-2/h2-6H,7-8H2,1H3;1-2H3;4*1-2H3. The van der Waals surface area contributed by atoms with Gasteiger partial charge in [-0.3, -0.25) is 0 Å². The normalized spacial score (nSPS) is 9.61. The van der Waals surface area contributed by atoms with Crippen LogP contribution in [-0.2, 0) is 17.6 Å². The van der Waals surface area contributed by atoms with Crippen LogP contribution in [0.15, 0.2) is 35.9 Å². The highest BCUT2D eigenvalue weighted by Crippen LogP contribution is 2.19. The van der Waals surface area contributed by atoms with Crippen molar-refractivity contribution in [2.24, 2.45) is 0 Å². The third kappa shape index (κ3) is 20.6. The topological polar surface area (TPSA) is 17.1 Å². The van der Waals surface area contributed by atoms with Crippen LogP contribution in [0.1, 0.15) is 87.3 Å². The van der Waals surface area contributed by atoms with Crippen molar-refractivity contribution >= 4 is 5.78 Å². The Hall–Kier alpha value is -1.37. The van der Waals surface area contributed by atoms with E-state index in [-0.39, 0.29) is 5.78 Å². The molecule has 0 saturated carbocycles. The van der Waals surface area contributed by atoms with E-state index in [4.69, 9.17) is 0 Å². The number of ketones is 1. The molecule has 2 rings (SSSR count). The first-order valence-electron chi connectivity index (χ1n) is 9.29. The van der Waals surface area contributed by atoms with Gasteiger partial charge in [0.25, 0.3) is 0 Å². The average Bonchev–Trinajstić information content (AvgIpc) is 2.61. The van der Waals surface area contributed by atoms with Crippen LogP contribution in [0.4, 0.5) is 0 Å². The van der Waals surface area contributed by atoms with Crippen molar-refractivity contribution in [2.45, 2.75) is 89.0 Å². The van der Waals surface area contributed by atoms with E-state index in [1.807, 2.05) is 55.4 Å². The number of fused-ring (bicyclic) bond motifs is 1. The fourth-order valence-electron chi connectivity index (χ4n) is 1.59. The molecule has 0 aromatic heterocycles. The van der Waals surface area contributed by atoms with Crippen LogP contribution in [0.3, 0.4) is 0 Å². The lowest BCUT2D eigenvalue weighted by atomic mass is 9.93. The number of benzene rings is 1. The summed E-state index contributed by atoms with van der Waals surface area (Å²) in [5.41, 5.74) is 4.51. The summed E-state index contributed by atoms with van der Waals surface area (Å²) in [6.45, 7) is 21.3. The van der Waals surface area contributed by atoms with Crippen molar-refractivity contribution in [3.63, 3.8) is 0 Å². The van der Waals surface area contributed by atoms with E-state index in [1.165, 1.54) is 30.5 Å². The summed E-state index contributed by atoms with van der Waals surface area (Å²) in [5.74, 6) is 0.167. The molecule has 1 nitrogen and oxygen atoms in total. The Kier molecular flexibility index (Phi) is 32.9. The first kappa shape index (κ1) is 29.6. The number of hydrogen-bond acceptors (Lipinski definition) is 1. The zero-order chi connectivity index (χ0) is 19.3. The van der Waals surface area contributed by atoms with E-state index in [9.17, 15) is 4.79 Å². The largest absolute Gasteiger partial charge is 0.300 e. The Morgan fingerprint density at radius 3 is 1.52 bits per heavy atom. The lowest BCUT2D eigenvalue weighted by Gasteiger charge is -2.13. The molecular weight excluding hydrogens is 280 g/mol. The smallest absolute Gasteiger partial charge is 0.126 e. The second kappa shape index (κ2) is 25.6. The zero-order valence-corrected chi connectivity index (χ0v) is 17.7. The van der Waals surface area contributed by atoms with Crippen LogP contribution in [0.25, 0.3) is 0 Å². The van der Waals surface area contributed by atoms with Gasteiger partial charge in [0.05, 0.1) is 0 Å². The fraction of sp³-hybridized carbons (Fsp3) is 0.591. The third-order valence-corrected chi connectivity index (χ3v) is 2.26. The molecule has 0 spiro atoms. The number of carbonyl (C=O) groups is 1. The molecule has 0 heterocycles. The summed E-state index contributed by atoms with van der Waals surface area (Å²) in [6, 6.07) is 8.69. The number of allylic oxidation sites excluding steroid dienone is 2. The number of rotatable bonds is 0. The number of hydrogen-bond donors (Lipinski definition) is 0. The molecule has 0 bridgehead atoms. The van der Waals surface area contributed by atoms with Gasteiger partial charge in [0.1, 0.15) is 5.78 Å². The average molecular weight is 323 g/mol. The number of Topliss-reactive ketones (excluding diaryl/α,β-unsaturated/α-hetero) is 1. The van der Waals surface area contributed by atoms with Crippen molar-refractivity contribution in [3.8, 4) is 0 Å². The lowest BCUT2D eigenvalue weighted by molar-refractivity contribution is -0.114. The first-order valence-corrected chi connectivity index (χ1v) is 9.29. The molecule has 1 aliphatic carbocycles. The van der Waals surface area contributed by atoms with E-state index in [1.54, 1.807) is 0 Å². The van der Waals surface area contributed by atoms with Gasteiger partial charge in [0.2, 0.25) is 0 Å². The SMILES string of the molecule is CC.CC.CC.CC.CC(C)=O.CC1=CCc2ccccc2C1. The van der Waals surface area contributed by atoms with Crippen LogP contribution < -0.4 is 0 Å². The van der Waals surface area contributed by atoms with Gasteiger partial charge in [-0.2, -0.15) is 0 Å². The number of carbonyl (C=O) groups excluding carboxylic acids is 1. The third-order valence-electron chi connectivity index (χ3n) is 2.26. The molecule has 0 aliphatic heterocycles. The highest BCUT2D eigenvalue weighted by atomic mass is 16.1. The Morgan fingerprint density at radius 2 is 1.13 bits per heavy atom. The summed E-state index contributed by atoms with van der Waals surface area (Å²) in [7, 11) is 0. The Bertz CT molecular complexity index is 371. The predicted molar refractivity (Wildman–Crippen MR) is 109 cm³/mol. The quantitative estimate of drug-likeness (QED) is 0.454. The van der Waals surface area contributed by atoms with Gasteiger partial charge in [-0.25, -0.2) is 0 Å². The molecule has 0 fully saturated rings. The molecule has 0 unspecified atom stereocenters. The van der Waals surface area contributed by atoms with Crippen molar-refractivity contribution in [1.29, 1.82) is 0 Å². The van der Waals surface area contributed by atoms with Crippen LogP contribution in [0.2, 0.25) is 0 Å². The summed E-state index contributed by atoms with van der Waals surface area (Å²) in [6.07, 6.45) is 4.60. The van der Waals surface area contributed by atoms with Crippen LogP contribution >= 0.6 is 0 Å². The van der Waals surface area contributed by atoms with Crippen LogP contribution in [0.5, 0.6) is 0 Å². The van der Waals surface area contributed by atoms with Crippen molar-refractivity contribution in [1.82, 2.24) is 0 Å². The molecule has 136 valence electrons. The van der Waals surface area contributed by atoms with Gasteiger partial charge < -0.3 is 4.79 Å². The molecule has 1 aromatic carbocycles. The van der Waals surface area contributed by atoms with Gasteiger partial charge in [-0.05, 0) is 44.7 Å². The molecule has 1 heteroatoms. The van der Waals surface area contributed by atoms with Gasteiger partial charge in [0, 0.05) is 0 Å². The molecule has 0 N–H and O–H groups in total. The van der Waals surface area contributed by atoms with Crippen molar-refractivity contribution in [2.75, 3.05) is 0 Å². The highest BCUT2D eigenvalue weighted by molar-refractivity contribution is 5.72. The Balaban J connectivity index is -0.000000128. The first-order chi connectivity index (χ1) is 11.1. The molecule has 0 atom stereocenters.